The number of rotatable bonds is 6. The molecule has 1 amide bonds. The lowest BCUT2D eigenvalue weighted by Crippen LogP contribution is -2.25. The van der Waals surface area contributed by atoms with Crippen molar-refractivity contribution in [3.05, 3.63) is 35.0 Å². The normalized spacial score (nSPS) is 9.33. The Morgan fingerprint density at radius 2 is 2.47 bits per heavy atom. The number of pyridine rings is 1. The van der Waals surface area contributed by atoms with Crippen molar-refractivity contribution in [1.82, 2.24) is 10.3 Å². The molecule has 6 nitrogen and oxygen atoms in total. The predicted molar refractivity (Wildman–Crippen MR) is 52.9 cm³/mol. The number of aromatic nitrogens is 1. The zero-order chi connectivity index (χ0) is 10.9. The molecule has 0 saturated carbocycles. The number of nitrogens with one attached hydrogen (secondary N) is 1. The highest BCUT2D eigenvalue weighted by Crippen LogP contribution is 1.94. The van der Waals surface area contributed by atoms with Gasteiger partial charge < -0.3 is 10.2 Å². The van der Waals surface area contributed by atoms with E-state index in [-0.39, 0.29) is 12.5 Å². The van der Waals surface area contributed by atoms with Crippen LogP contribution in [0.25, 0.3) is 0 Å². The van der Waals surface area contributed by atoms with Gasteiger partial charge in [-0.1, -0.05) is 0 Å². The molecule has 0 aliphatic heterocycles. The number of carbonyl (C=O) groups is 1. The molecular formula is C9H11N3O3. The quantitative estimate of drug-likeness (QED) is 0.428. The van der Waals surface area contributed by atoms with Gasteiger partial charge in [0.05, 0.1) is 5.56 Å². The molecule has 0 spiro atoms. The highest BCUT2D eigenvalue weighted by molar-refractivity contribution is 5.93. The Morgan fingerprint density at radius 1 is 1.60 bits per heavy atom. The second-order valence-electron chi connectivity index (χ2n) is 2.76. The summed E-state index contributed by atoms with van der Waals surface area (Å²) < 4.78 is 0. The minimum absolute atomic E-state index is 0.192. The molecule has 0 aliphatic rings. The first-order valence-corrected chi connectivity index (χ1v) is 4.47. The average molecular weight is 209 g/mol. The van der Waals surface area contributed by atoms with Crippen LogP contribution in [0.4, 0.5) is 0 Å². The van der Waals surface area contributed by atoms with Gasteiger partial charge in [0, 0.05) is 25.4 Å². The maximum Gasteiger partial charge on any atom is 0.252 e. The van der Waals surface area contributed by atoms with Crippen LogP contribution in [0.2, 0.25) is 0 Å². The Balaban J connectivity index is 2.22. The molecule has 0 bridgehead atoms. The van der Waals surface area contributed by atoms with E-state index in [0.29, 0.717) is 18.5 Å². The zero-order valence-electron chi connectivity index (χ0n) is 8.05. The van der Waals surface area contributed by atoms with E-state index < -0.39 is 0 Å². The van der Waals surface area contributed by atoms with Crippen LogP contribution in [-0.4, -0.2) is 24.0 Å². The van der Waals surface area contributed by atoms with Crippen molar-refractivity contribution in [2.75, 3.05) is 13.2 Å². The molecule has 0 fully saturated rings. The first kappa shape index (κ1) is 11.1. The molecule has 80 valence electrons. The number of hydrogen-bond donors (Lipinski definition) is 1. The highest BCUT2D eigenvalue weighted by atomic mass is 16.7. The van der Waals surface area contributed by atoms with Crippen molar-refractivity contribution in [3.63, 3.8) is 0 Å². The predicted octanol–water partition coefficient (Wildman–Crippen LogP) is 0.899. The molecular weight excluding hydrogens is 198 g/mol. The van der Waals surface area contributed by atoms with Crippen molar-refractivity contribution in [2.24, 2.45) is 5.34 Å². The highest BCUT2D eigenvalue weighted by Gasteiger charge is 2.03. The maximum atomic E-state index is 11.4. The van der Waals surface area contributed by atoms with E-state index in [9.17, 15) is 9.70 Å². The summed E-state index contributed by atoms with van der Waals surface area (Å²) in [4.78, 5) is 29.0. The SMILES string of the molecule is O=NOCCCNC(=O)c1cccnc1. The molecule has 1 N–H and O–H groups in total. The van der Waals surface area contributed by atoms with Crippen LogP contribution in [0, 0.1) is 4.91 Å². The third kappa shape index (κ3) is 4.17. The topological polar surface area (TPSA) is 80.6 Å². The van der Waals surface area contributed by atoms with E-state index in [1.54, 1.807) is 18.3 Å². The molecule has 0 atom stereocenters. The largest absolute Gasteiger partial charge is 0.364 e. The maximum absolute atomic E-state index is 11.4. The van der Waals surface area contributed by atoms with Crippen molar-refractivity contribution in [3.8, 4) is 0 Å². The lowest BCUT2D eigenvalue weighted by atomic mass is 10.2. The molecule has 0 aromatic carbocycles. The Kier molecular flexibility index (Phi) is 4.79. The molecule has 0 unspecified atom stereocenters. The summed E-state index contributed by atoms with van der Waals surface area (Å²) in [5.41, 5.74) is 0.506. The van der Waals surface area contributed by atoms with Crippen LogP contribution < -0.4 is 5.32 Å². The lowest BCUT2D eigenvalue weighted by molar-refractivity contribution is 0.0942. The Morgan fingerprint density at radius 3 is 3.13 bits per heavy atom. The van der Waals surface area contributed by atoms with E-state index in [1.807, 2.05) is 0 Å². The first-order valence-electron chi connectivity index (χ1n) is 4.47. The van der Waals surface area contributed by atoms with Crippen LogP contribution in [-0.2, 0) is 4.84 Å². The van der Waals surface area contributed by atoms with Gasteiger partial charge in [0.1, 0.15) is 6.61 Å². The smallest absolute Gasteiger partial charge is 0.252 e. The summed E-state index contributed by atoms with van der Waals surface area (Å²) in [7, 11) is 0. The van der Waals surface area contributed by atoms with E-state index in [2.05, 4.69) is 20.5 Å². The van der Waals surface area contributed by atoms with Crippen molar-refractivity contribution < 1.29 is 9.63 Å². The fraction of sp³-hybridized carbons (Fsp3) is 0.333. The van der Waals surface area contributed by atoms with E-state index >= 15 is 0 Å². The lowest BCUT2D eigenvalue weighted by Gasteiger charge is -2.03. The average Bonchev–Trinajstić information content (AvgIpc) is 2.30. The van der Waals surface area contributed by atoms with Gasteiger partial charge >= 0.3 is 0 Å². The van der Waals surface area contributed by atoms with Crippen molar-refractivity contribution >= 4 is 5.91 Å². The monoisotopic (exact) mass is 209 g/mol. The Hall–Kier alpha value is -1.98. The molecule has 1 rings (SSSR count). The number of hydrogen-bond acceptors (Lipinski definition) is 5. The van der Waals surface area contributed by atoms with Crippen LogP contribution in [0.5, 0.6) is 0 Å². The summed E-state index contributed by atoms with van der Waals surface area (Å²) in [6, 6.07) is 3.36. The van der Waals surface area contributed by atoms with Gasteiger partial charge in [-0.25, -0.2) is 0 Å². The Labute approximate surface area is 86.6 Å². The second-order valence-corrected chi connectivity index (χ2v) is 2.76. The van der Waals surface area contributed by atoms with Gasteiger partial charge in [-0.15, -0.1) is 4.91 Å². The summed E-state index contributed by atoms with van der Waals surface area (Å²) in [5, 5.41) is 4.89. The van der Waals surface area contributed by atoms with Gasteiger partial charge in [0.25, 0.3) is 5.91 Å². The fourth-order valence-corrected chi connectivity index (χ4v) is 0.975. The number of carbonyl (C=O) groups excluding carboxylic acids is 1. The molecule has 15 heavy (non-hydrogen) atoms. The molecule has 1 heterocycles. The molecule has 6 heteroatoms. The van der Waals surface area contributed by atoms with E-state index in [4.69, 9.17) is 0 Å². The van der Waals surface area contributed by atoms with Gasteiger partial charge in [0.2, 0.25) is 0 Å². The number of nitrogens with zero attached hydrogens (tertiary/aromatic N) is 2. The van der Waals surface area contributed by atoms with Gasteiger partial charge in [0.15, 0.2) is 5.34 Å². The van der Waals surface area contributed by atoms with Gasteiger partial charge in [-0.2, -0.15) is 0 Å². The zero-order valence-corrected chi connectivity index (χ0v) is 8.05. The van der Waals surface area contributed by atoms with Crippen molar-refractivity contribution in [1.29, 1.82) is 0 Å². The summed E-state index contributed by atoms with van der Waals surface area (Å²) in [6.45, 7) is 0.639. The minimum atomic E-state index is -0.192. The first-order chi connectivity index (χ1) is 7.34. The van der Waals surface area contributed by atoms with Crippen molar-refractivity contribution in [2.45, 2.75) is 6.42 Å². The third-order valence-corrected chi connectivity index (χ3v) is 1.67. The summed E-state index contributed by atoms with van der Waals surface area (Å²) in [5.74, 6) is -0.192. The minimum Gasteiger partial charge on any atom is -0.364 e. The molecule has 0 radical (unpaired) electrons. The van der Waals surface area contributed by atoms with Gasteiger partial charge in [-0.3, -0.25) is 9.78 Å². The standard InChI is InChI=1S/C9H11N3O3/c13-9(8-3-1-4-10-7-8)11-5-2-6-15-12-14/h1,3-4,7H,2,5-6H2,(H,11,13). The van der Waals surface area contributed by atoms with Crippen LogP contribution in [0.3, 0.4) is 0 Å². The molecule has 0 saturated heterocycles. The van der Waals surface area contributed by atoms with Gasteiger partial charge in [-0.05, 0) is 12.1 Å². The second kappa shape index (κ2) is 6.47. The van der Waals surface area contributed by atoms with Crippen LogP contribution >= 0.6 is 0 Å². The van der Waals surface area contributed by atoms with E-state index in [1.165, 1.54) is 6.20 Å². The Bertz CT molecular complexity index is 316. The summed E-state index contributed by atoms with van der Waals surface area (Å²) >= 11 is 0. The van der Waals surface area contributed by atoms with Crippen LogP contribution in [0.1, 0.15) is 16.8 Å². The molecule has 1 aromatic heterocycles. The molecule has 1 aromatic rings. The number of amides is 1. The van der Waals surface area contributed by atoms with E-state index in [0.717, 1.165) is 0 Å². The molecule has 0 aliphatic carbocycles. The van der Waals surface area contributed by atoms with Crippen LogP contribution in [0.15, 0.2) is 29.9 Å². The third-order valence-electron chi connectivity index (χ3n) is 1.67. The summed E-state index contributed by atoms with van der Waals surface area (Å²) in [6.07, 6.45) is 3.62. The fourth-order valence-electron chi connectivity index (χ4n) is 0.975.